The molecule has 1 aliphatic rings. The first-order chi connectivity index (χ1) is 9.68. The average Bonchev–Trinajstić information content (AvgIpc) is 2.75. The van der Waals surface area contributed by atoms with E-state index in [0.29, 0.717) is 22.2 Å². The molecule has 0 atom stereocenters. The lowest BCUT2D eigenvalue weighted by molar-refractivity contribution is 0.103. The molecule has 0 bridgehead atoms. The molecule has 4 nitrogen and oxygen atoms in total. The molecule has 0 saturated carbocycles. The summed E-state index contributed by atoms with van der Waals surface area (Å²) in [6.45, 7) is 1.89. The summed E-state index contributed by atoms with van der Waals surface area (Å²) in [5.74, 6) is 0.0181. The van der Waals surface area contributed by atoms with Crippen LogP contribution in [-0.2, 0) is 0 Å². The van der Waals surface area contributed by atoms with Crippen LogP contribution in [0.4, 0.5) is 0 Å². The normalized spacial score (nSPS) is 12.6. The number of para-hydroxylation sites is 2. The first-order valence-corrected chi connectivity index (χ1v) is 6.35. The molecule has 0 N–H and O–H groups in total. The van der Waals surface area contributed by atoms with E-state index in [4.69, 9.17) is 0 Å². The predicted molar refractivity (Wildman–Crippen MR) is 75.5 cm³/mol. The van der Waals surface area contributed by atoms with Crippen molar-refractivity contribution in [1.82, 2.24) is 9.55 Å². The number of hydrogen-bond acceptors (Lipinski definition) is 3. The quantitative estimate of drug-likeness (QED) is 0.488. The van der Waals surface area contributed by atoms with E-state index < -0.39 is 0 Å². The van der Waals surface area contributed by atoms with E-state index in [2.05, 4.69) is 4.98 Å². The van der Waals surface area contributed by atoms with Gasteiger partial charge in [0.15, 0.2) is 5.82 Å². The lowest BCUT2D eigenvalue weighted by atomic mass is 10.1. The topological polar surface area (TPSA) is 52.0 Å². The second-order valence-electron chi connectivity index (χ2n) is 4.89. The summed E-state index contributed by atoms with van der Waals surface area (Å²) in [6.07, 6.45) is 0. The molecular weight excluding hydrogens is 252 g/mol. The fourth-order valence-electron chi connectivity index (χ4n) is 2.75. The van der Waals surface area contributed by atoms with Gasteiger partial charge in [-0.2, -0.15) is 0 Å². The second-order valence-corrected chi connectivity index (χ2v) is 4.89. The Hall–Kier alpha value is -2.75. The Labute approximate surface area is 114 Å². The van der Waals surface area contributed by atoms with Crippen LogP contribution in [0.25, 0.3) is 16.6 Å². The number of nitrogens with zero attached hydrogens (tertiary/aromatic N) is 2. The minimum Gasteiger partial charge on any atom is -0.285 e. The van der Waals surface area contributed by atoms with Crippen LogP contribution in [-0.4, -0.2) is 15.3 Å². The van der Waals surface area contributed by atoms with Gasteiger partial charge in [-0.15, -0.1) is 0 Å². The zero-order valence-electron chi connectivity index (χ0n) is 10.8. The molecule has 0 unspecified atom stereocenters. The molecule has 1 aromatic heterocycles. The standard InChI is InChI=1S/C16H10N2O2/c1-9-5-4-7-11-13(9)18-15(14(11)19)17-12-8-3-2-6-10(12)16(18)20/h2-8H,1H3. The van der Waals surface area contributed by atoms with Crippen LogP contribution < -0.4 is 5.56 Å². The Morgan fingerprint density at radius 2 is 1.80 bits per heavy atom. The monoisotopic (exact) mass is 262 g/mol. The molecule has 2 heterocycles. The van der Waals surface area contributed by atoms with Crippen molar-refractivity contribution in [2.75, 3.05) is 0 Å². The van der Waals surface area contributed by atoms with Crippen molar-refractivity contribution in [3.63, 3.8) is 0 Å². The SMILES string of the molecule is Cc1cccc2c1-n1c(nc3ccccc3c1=O)C2=O. The molecule has 3 aromatic rings. The first-order valence-electron chi connectivity index (χ1n) is 6.35. The van der Waals surface area contributed by atoms with Gasteiger partial charge in [-0.05, 0) is 30.7 Å². The molecule has 4 heteroatoms. The van der Waals surface area contributed by atoms with Crippen LogP contribution in [0.2, 0.25) is 0 Å². The van der Waals surface area contributed by atoms with Crippen molar-refractivity contribution in [1.29, 1.82) is 0 Å². The summed E-state index contributed by atoms with van der Waals surface area (Å²) in [7, 11) is 0. The van der Waals surface area contributed by atoms with Gasteiger partial charge in [0.05, 0.1) is 22.2 Å². The zero-order chi connectivity index (χ0) is 13.9. The minimum absolute atomic E-state index is 0.188. The van der Waals surface area contributed by atoms with Gasteiger partial charge in [0.1, 0.15) is 0 Å². The van der Waals surface area contributed by atoms with Crippen LogP contribution in [0, 0.1) is 6.92 Å². The molecule has 4 rings (SSSR count). The van der Waals surface area contributed by atoms with E-state index >= 15 is 0 Å². The highest BCUT2D eigenvalue weighted by molar-refractivity contribution is 6.13. The largest absolute Gasteiger partial charge is 0.285 e. The van der Waals surface area contributed by atoms with Crippen LogP contribution in [0.1, 0.15) is 21.7 Å². The van der Waals surface area contributed by atoms with Crippen molar-refractivity contribution < 1.29 is 4.79 Å². The van der Waals surface area contributed by atoms with E-state index in [9.17, 15) is 9.59 Å². The van der Waals surface area contributed by atoms with Crippen LogP contribution in [0.5, 0.6) is 0 Å². The summed E-state index contributed by atoms with van der Waals surface area (Å²) in [5, 5.41) is 0.528. The van der Waals surface area contributed by atoms with Gasteiger partial charge in [-0.25, -0.2) is 4.98 Å². The Kier molecular flexibility index (Phi) is 2.02. The molecule has 1 aliphatic heterocycles. The highest BCUT2D eigenvalue weighted by atomic mass is 16.1. The third kappa shape index (κ3) is 1.23. The van der Waals surface area contributed by atoms with Crippen LogP contribution in [0.3, 0.4) is 0 Å². The van der Waals surface area contributed by atoms with Crippen molar-refractivity contribution in [3.05, 3.63) is 69.8 Å². The molecule has 0 aliphatic carbocycles. The molecule has 2 aromatic carbocycles. The molecule has 0 spiro atoms. The number of ketones is 1. The summed E-state index contributed by atoms with van der Waals surface area (Å²) in [6, 6.07) is 12.5. The lowest BCUT2D eigenvalue weighted by Gasteiger charge is -2.07. The van der Waals surface area contributed by atoms with E-state index in [1.165, 1.54) is 4.57 Å². The number of rotatable bonds is 0. The molecule has 0 fully saturated rings. The summed E-state index contributed by atoms with van der Waals surface area (Å²) >= 11 is 0. The van der Waals surface area contributed by atoms with E-state index in [1.54, 1.807) is 24.3 Å². The summed E-state index contributed by atoms with van der Waals surface area (Å²) in [4.78, 5) is 29.4. The van der Waals surface area contributed by atoms with Gasteiger partial charge in [0, 0.05) is 0 Å². The number of benzene rings is 2. The number of carbonyl (C=O) groups excluding carboxylic acids is 1. The molecule has 20 heavy (non-hydrogen) atoms. The maximum absolute atomic E-state index is 12.7. The van der Waals surface area contributed by atoms with Gasteiger partial charge < -0.3 is 0 Å². The molecule has 0 radical (unpaired) electrons. The van der Waals surface area contributed by atoms with E-state index in [1.807, 2.05) is 25.1 Å². The second kappa shape index (κ2) is 3.63. The van der Waals surface area contributed by atoms with Crippen LogP contribution >= 0.6 is 0 Å². The molecule has 0 amide bonds. The Morgan fingerprint density at radius 1 is 1.00 bits per heavy atom. The van der Waals surface area contributed by atoms with Gasteiger partial charge in [-0.3, -0.25) is 14.2 Å². The van der Waals surface area contributed by atoms with Crippen LogP contribution in [0.15, 0.2) is 47.3 Å². The zero-order valence-corrected chi connectivity index (χ0v) is 10.8. The highest BCUT2D eigenvalue weighted by Gasteiger charge is 2.31. The Bertz CT molecular complexity index is 954. The first kappa shape index (κ1) is 11.1. The van der Waals surface area contributed by atoms with Gasteiger partial charge in [0.25, 0.3) is 5.56 Å². The van der Waals surface area contributed by atoms with Crippen molar-refractivity contribution in [2.45, 2.75) is 6.92 Å². The Balaban J connectivity index is 2.25. The maximum atomic E-state index is 12.7. The average molecular weight is 262 g/mol. The maximum Gasteiger partial charge on any atom is 0.266 e. The number of aryl methyl sites for hydroxylation is 1. The number of hydrogen-bond donors (Lipinski definition) is 0. The van der Waals surface area contributed by atoms with Gasteiger partial charge in [0.2, 0.25) is 5.78 Å². The molecule has 0 saturated heterocycles. The third-order valence-corrected chi connectivity index (χ3v) is 3.68. The third-order valence-electron chi connectivity index (χ3n) is 3.68. The number of aromatic nitrogens is 2. The fourth-order valence-corrected chi connectivity index (χ4v) is 2.75. The summed E-state index contributed by atoms with van der Waals surface area (Å²) < 4.78 is 1.44. The number of fused-ring (bicyclic) bond motifs is 4. The molecule has 96 valence electrons. The smallest absolute Gasteiger partial charge is 0.266 e. The number of carbonyl (C=O) groups is 1. The van der Waals surface area contributed by atoms with Crippen molar-refractivity contribution >= 4 is 16.7 Å². The van der Waals surface area contributed by atoms with E-state index in [0.717, 1.165) is 5.56 Å². The summed E-state index contributed by atoms with van der Waals surface area (Å²) in [5.41, 5.74) is 2.48. The highest BCUT2D eigenvalue weighted by Crippen LogP contribution is 2.28. The van der Waals surface area contributed by atoms with Gasteiger partial charge in [-0.1, -0.05) is 24.3 Å². The van der Waals surface area contributed by atoms with Gasteiger partial charge >= 0.3 is 0 Å². The Morgan fingerprint density at radius 3 is 2.65 bits per heavy atom. The van der Waals surface area contributed by atoms with Crippen molar-refractivity contribution in [2.24, 2.45) is 0 Å². The van der Waals surface area contributed by atoms with E-state index in [-0.39, 0.29) is 17.2 Å². The molecular formula is C16H10N2O2. The van der Waals surface area contributed by atoms with Crippen molar-refractivity contribution in [3.8, 4) is 5.69 Å². The fraction of sp³-hybridized carbons (Fsp3) is 0.0625. The predicted octanol–water partition coefficient (Wildman–Crippen LogP) is 2.24. The minimum atomic E-state index is -0.188. The lowest BCUT2D eigenvalue weighted by Crippen LogP contribution is -2.21.